The molecule has 0 aliphatic heterocycles. The summed E-state index contributed by atoms with van der Waals surface area (Å²) < 4.78 is 6.49. The molecule has 20 heavy (non-hydrogen) atoms. The number of ether oxygens (including phenoxy) is 1. The van der Waals surface area contributed by atoms with Crippen molar-refractivity contribution in [1.29, 1.82) is 0 Å². The maximum Gasteiger partial charge on any atom is 0.153 e. The number of aryl methyl sites for hydroxylation is 1. The number of carboxylic acids is 1. The molecule has 6 nitrogen and oxygen atoms in total. The van der Waals surface area contributed by atoms with Crippen molar-refractivity contribution in [2.45, 2.75) is 13.0 Å². The summed E-state index contributed by atoms with van der Waals surface area (Å²) in [5.74, 6) is -0.447. The minimum Gasteiger partial charge on any atom is -0.550 e. The molecule has 1 aromatic carbocycles. The smallest absolute Gasteiger partial charge is 0.153 e. The summed E-state index contributed by atoms with van der Waals surface area (Å²) in [6.45, 7) is 0.166. The Balaban J connectivity index is 2.29. The van der Waals surface area contributed by atoms with Crippen LogP contribution in [0.3, 0.4) is 0 Å². The highest BCUT2D eigenvalue weighted by molar-refractivity contribution is 5.85. The second kappa shape index (κ2) is 6.01. The highest BCUT2D eigenvalue weighted by Crippen LogP contribution is 2.23. The Labute approximate surface area is 115 Å². The normalized spacial score (nSPS) is 10.2. The molecule has 0 saturated carbocycles. The van der Waals surface area contributed by atoms with Crippen LogP contribution in [0, 0.1) is 0 Å². The molecule has 2 rings (SSSR count). The van der Waals surface area contributed by atoms with Crippen molar-refractivity contribution in [2.24, 2.45) is 0 Å². The summed E-state index contributed by atoms with van der Waals surface area (Å²) in [6, 6.07) is 7.11. The molecule has 0 aliphatic carbocycles. The second-order valence-electron chi connectivity index (χ2n) is 4.16. The summed E-state index contributed by atoms with van der Waals surface area (Å²) in [7, 11) is 1.57. The number of carbonyl (C=O) groups is 2. The zero-order chi connectivity index (χ0) is 14.5. The van der Waals surface area contributed by atoms with Gasteiger partial charge < -0.3 is 14.6 Å². The molecular formula is C14H13N2O4-. The van der Waals surface area contributed by atoms with Gasteiger partial charge in [-0.2, -0.15) is 5.10 Å². The number of nitrogens with zero attached hydrogens (tertiary/aromatic N) is 2. The Morgan fingerprint density at radius 3 is 2.65 bits per heavy atom. The molecule has 6 heteroatoms. The first-order valence-electron chi connectivity index (χ1n) is 6.01. The number of aliphatic carboxylic acids is 1. The van der Waals surface area contributed by atoms with Crippen LogP contribution in [0.5, 0.6) is 5.75 Å². The Morgan fingerprint density at radius 1 is 1.40 bits per heavy atom. The van der Waals surface area contributed by atoms with Gasteiger partial charge in [-0.15, -0.1) is 0 Å². The fraction of sp³-hybridized carbons (Fsp3) is 0.214. The van der Waals surface area contributed by atoms with Crippen LogP contribution in [0.4, 0.5) is 0 Å². The van der Waals surface area contributed by atoms with Crippen LogP contribution in [-0.2, 0) is 11.3 Å². The van der Waals surface area contributed by atoms with E-state index in [1.54, 1.807) is 31.4 Å². The van der Waals surface area contributed by atoms with Crippen molar-refractivity contribution in [3.63, 3.8) is 0 Å². The number of methoxy groups -OCH3 is 1. The number of hydrogen-bond donors (Lipinski definition) is 0. The molecule has 0 bridgehead atoms. The van der Waals surface area contributed by atoms with Crippen LogP contribution in [0.2, 0.25) is 0 Å². The molecule has 0 unspecified atom stereocenters. The summed E-state index contributed by atoms with van der Waals surface area (Å²) in [5, 5.41) is 14.7. The maximum absolute atomic E-state index is 11.1. The molecule has 1 heterocycles. The van der Waals surface area contributed by atoms with E-state index < -0.39 is 5.97 Å². The number of aldehydes is 1. The molecule has 0 spiro atoms. The van der Waals surface area contributed by atoms with Gasteiger partial charge in [0, 0.05) is 30.7 Å². The van der Waals surface area contributed by atoms with Gasteiger partial charge in [0.05, 0.1) is 12.7 Å². The van der Waals surface area contributed by atoms with E-state index in [1.807, 2.05) is 0 Å². The molecule has 0 aliphatic rings. The number of aromatic nitrogens is 2. The average Bonchev–Trinajstić information content (AvgIpc) is 2.88. The number of benzene rings is 1. The van der Waals surface area contributed by atoms with Crippen LogP contribution < -0.4 is 9.84 Å². The second-order valence-corrected chi connectivity index (χ2v) is 4.16. The predicted molar refractivity (Wildman–Crippen MR) is 69.2 cm³/mol. The zero-order valence-electron chi connectivity index (χ0n) is 10.9. The first-order valence-corrected chi connectivity index (χ1v) is 6.01. The highest BCUT2D eigenvalue weighted by atomic mass is 16.5. The maximum atomic E-state index is 11.1. The van der Waals surface area contributed by atoms with Gasteiger partial charge in [-0.25, -0.2) is 0 Å². The molecule has 104 valence electrons. The Morgan fingerprint density at radius 2 is 2.10 bits per heavy atom. The number of rotatable bonds is 6. The summed E-state index contributed by atoms with van der Waals surface area (Å²) >= 11 is 0. The van der Waals surface area contributed by atoms with Crippen molar-refractivity contribution < 1.29 is 19.4 Å². The lowest BCUT2D eigenvalue weighted by atomic mass is 10.1. The monoisotopic (exact) mass is 273 g/mol. The van der Waals surface area contributed by atoms with Gasteiger partial charge in [-0.3, -0.25) is 9.48 Å². The average molecular weight is 273 g/mol. The Bertz CT molecular complexity index is 617. The first-order chi connectivity index (χ1) is 9.63. The van der Waals surface area contributed by atoms with Crippen LogP contribution in [0.1, 0.15) is 16.8 Å². The third-order valence-corrected chi connectivity index (χ3v) is 2.83. The molecule has 2 aromatic rings. The SMILES string of the molecule is COc1ccc(-c2nn(CCC(=O)[O-])cc2C=O)cc1. The molecule has 0 N–H and O–H groups in total. The Kier molecular flexibility index (Phi) is 4.14. The predicted octanol–water partition coefficient (Wildman–Crippen LogP) is 0.511. The minimum atomic E-state index is -1.15. The van der Waals surface area contributed by atoms with Gasteiger partial charge >= 0.3 is 0 Å². The molecule has 0 saturated heterocycles. The van der Waals surface area contributed by atoms with E-state index in [9.17, 15) is 14.7 Å². The largest absolute Gasteiger partial charge is 0.550 e. The topological polar surface area (TPSA) is 84.2 Å². The van der Waals surface area contributed by atoms with Crippen LogP contribution in [-0.4, -0.2) is 29.1 Å². The van der Waals surface area contributed by atoms with E-state index in [1.165, 1.54) is 10.9 Å². The lowest BCUT2D eigenvalue weighted by Gasteiger charge is -2.03. The Hall–Kier alpha value is -2.63. The third kappa shape index (κ3) is 3.03. The summed E-state index contributed by atoms with van der Waals surface area (Å²) in [5.41, 5.74) is 1.69. The lowest BCUT2D eigenvalue weighted by Crippen LogP contribution is -2.23. The fourth-order valence-corrected chi connectivity index (χ4v) is 1.82. The van der Waals surface area contributed by atoms with Gasteiger partial charge in [0.2, 0.25) is 0 Å². The van der Waals surface area contributed by atoms with E-state index >= 15 is 0 Å². The van der Waals surface area contributed by atoms with Crippen molar-refractivity contribution in [1.82, 2.24) is 9.78 Å². The number of carbonyl (C=O) groups excluding carboxylic acids is 2. The molecule has 1 aromatic heterocycles. The first kappa shape index (κ1) is 13.8. The third-order valence-electron chi connectivity index (χ3n) is 2.83. The zero-order valence-corrected chi connectivity index (χ0v) is 10.9. The van der Waals surface area contributed by atoms with E-state index in [0.29, 0.717) is 23.3 Å². The minimum absolute atomic E-state index is 0.151. The highest BCUT2D eigenvalue weighted by Gasteiger charge is 2.10. The van der Waals surface area contributed by atoms with Crippen molar-refractivity contribution in [3.05, 3.63) is 36.0 Å². The fourth-order valence-electron chi connectivity index (χ4n) is 1.82. The van der Waals surface area contributed by atoms with Crippen molar-refractivity contribution >= 4 is 12.3 Å². The van der Waals surface area contributed by atoms with Gasteiger partial charge in [0.15, 0.2) is 6.29 Å². The van der Waals surface area contributed by atoms with Crippen molar-refractivity contribution in [2.75, 3.05) is 7.11 Å². The number of hydrogen-bond acceptors (Lipinski definition) is 5. The van der Waals surface area contributed by atoms with Crippen LogP contribution in [0.15, 0.2) is 30.5 Å². The molecule has 0 radical (unpaired) electrons. The van der Waals surface area contributed by atoms with Crippen molar-refractivity contribution in [3.8, 4) is 17.0 Å². The van der Waals surface area contributed by atoms with Crippen LogP contribution >= 0.6 is 0 Å². The van der Waals surface area contributed by atoms with E-state index in [0.717, 1.165) is 5.56 Å². The van der Waals surface area contributed by atoms with E-state index in [4.69, 9.17) is 4.74 Å². The standard InChI is InChI=1S/C14H14N2O4/c1-20-12-4-2-10(3-5-12)14-11(9-17)8-16(15-14)7-6-13(18)19/h2-5,8-9H,6-7H2,1H3,(H,18,19)/p-1. The molecular weight excluding hydrogens is 260 g/mol. The number of carboxylic acid groups (broad SMARTS) is 1. The molecule has 0 amide bonds. The van der Waals surface area contributed by atoms with Gasteiger partial charge in [0.25, 0.3) is 0 Å². The molecule has 0 atom stereocenters. The van der Waals surface area contributed by atoms with Gasteiger partial charge in [-0.1, -0.05) is 0 Å². The summed E-state index contributed by atoms with van der Waals surface area (Å²) in [6.07, 6.45) is 2.07. The quantitative estimate of drug-likeness (QED) is 0.716. The van der Waals surface area contributed by atoms with Gasteiger partial charge in [-0.05, 0) is 24.3 Å². The summed E-state index contributed by atoms with van der Waals surface area (Å²) in [4.78, 5) is 21.5. The van der Waals surface area contributed by atoms with Crippen LogP contribution in [0.25, 0.3) is 11.3 Å². The van der Waals surface area contributed by atoms with E-state index in [2.05, 4.69) is 5.10 Å². The van der Waals surface area contributed by atoms with Gasteiger partial charge in [0.1, 0.15) is 11.4 Å². The molecule has 0 fully saturated rings. The van der Waals surface area contributed by atoms with E-state index in [-0.39, 0.29) is 13.0 Å². The lowest BCUT2D eigenvalue weighted by molar-refractivity contribution is -0.306.